The van der Waals surface area contributed by atoms with Gasteiger partial charge in [-0.05, 0) is 18.8 Å². The first-order chi connectivity index (χ1) is 4.34. The van der Waals surface area contributed by atoms with Crippen LogP contribution in [-0.4, -0.2) is 5.71 Å². The number of hydrogen-bond donors (Lipinski definition) is 0. The van der Waals surface area contributed by atoms with Gasteiger partial charge in [-0.25, -0.2) is 0 Å². The van der Waals surface area contributed by atoms with E-state index in [4.69, 9.17) is 0 Å². The van der Waals surface area contributed by atoms with Crippen LogP contribution in [0.15, 0.2) is 17.3 Å². The van der Waals surface area contributed by atoms with Crippen molar-refractivity contribution < 1.29 is 0 Å². The Kier molecular flexibility index (Phi) is 2.04. The maximum atomic E-state index is 4.27. The lowest BCUT2D eigenvalue weighted by Crippen LogP contribution is -2.10. The normalized spacial score (nSPS) is 26.0. The van der Waals surface area contributed by atoms with E-state index in [0.29, 0.717) is 5.92 Å². The molecule has 1 unspecified atom stereocenters. The molecule has 0 fully saturated rings. The van der Waals surface area contributed by atoms with Gasteiger partial charge in [0.1, 0.15) is 0 Å². The monoisotopic (exact) mass is 123 g/mol. The summed E-state index contributed by atoms with van der Waals surface area (Å²) in [5.41, 5.74) is 1.34. The van der Waals surface area contributed by atoms with Gasteiger partial charge in [0.15, 0.2) is 0 Å². The van der Waals surface area contributed by atoms with E-state index in [1.165, 1.54) is 12.1 Å². The summed E-state index contributed by atoms with van der Waals surface area (Å²) in [6, 6.07) is 0. The molecule has 0 aromatic carbocycles. The third kappa shape index (κ3) is 1.41. The molecular weight excluding hydrogens is 110 g/mol. The van der Waals surface area contributed by atoms with E-state index in [0.717, 1.165) is 6.42 Å². The zero-order valence-electron chi connectivity index (χ0n) is 6.09. The molecule has 0 saturated heterocycles. The number of nitrogens with zero attached hydrogens (tertiary/aromatic N) is 1. The average molecular weight is 123 g/mol. The van der Waals surface area contributed by atoms with Crippen molar-refractivity contribution in [1.82, 2.24) is 0 Å². The van der Waals surface area contributed by atoms with Gasteiger partial charge in [-0.3, -0.25) is 4.99 Å². The highest BCUT2D eigenvalue weighted by Gasteiger charge is 2.07. The molecule has 0 spiro atoms. The van der Waals surface area contributed by atoms with Crippen molar-refractivity contribution >= 4 is 5.71 Å². The minimum absolute atomic E-state index is 0.681. The van der Waals surface area contributed by atoms with Crippen LogP contribution in [0.1, 0.15) is 26.7 Å². The van der Waals surface area contributed by atoms with Gasteiger partial charge >= 0.3 is 0 Å². The van der Waals surface area contributed by atoms with Crippen LogP contribution in [0.25, 0.3) is 0 Å². The minimum Gasteiger partial charge on any atom is -0.266 e. The predicted octanol–water partition coefficient (Wildman–Crippen LogP) is 2.39. The standard InChI is InChI=1S/C8H13N/c1-3-8-7(2)5-4-6-9-8/h4,6-7H,3,5H2,1-2H3. The largest absolute Gasteiger partial charge is 0.266 e. The predicted molar refractivity (Wildman–Crippen MR) is 40.6 cm³/mol. The minimum atomic E-state index is 0.681. The van der Waals surface area contributed by atoms with Crippen molar-refractivity contribution in [2.75, 3.05) is 0 Å². The van der Waals surface area contributed by atoms with Gasteiger partial charge in [-0.2, -0.15) is 0 Å². The van der Waals surface area contributed by atoms with Crippen molar-refractivity contribution in [1.29, 1.82) is 0 Å². The van der Waals surface area contributed by atoms with E-state index < -0.39 is 0 Å². The molecule has 1 heteroatoms. The van der Waals surface area contributed by atoms with Crippen LogP contribution in [0.4, 0.5) is 0 Å². The number of allylic oxidation sites excluding steroid dienone is 1. The van der Waals surface area contributed by atoms with E-state index in [1.807, 2.05) is 6.20 Å². The molecule has 1 heterocycles. The summed E-state index contributed by atoms with van der Waals surface area (Å²) in [6.45, 7) is 4.39. The Labute approximate surface area is 56.5 Å². The summed E-state index contributed by atoms with van der Waals surface area (Å²) in [6.07, 6.45) is 6.32. The van der Waals surface area contributed by atoms with Crippen LogP contribution in [0.3, 0.4) is 0 Å². The Morgan fingerprint density at radius 1 is 1.78 bits per heavy atom. The van der Waals surface area contributed by atoms with Gasteiger partial charge in [-0.1, -0.05) is 19.9 Å². The molecule has 1 aliphatic rings. The van der Waals surface area contributed by atoms with E-state index in [-0.39, 0.29) is 0 Å². The molecule has 0 bridgehead atoms. The SMILES string of the molecule is CCC1=NC=CCC1C. The quantitative estimate of drug-likeness (QED) is 0.507. The van der Waals surface area contributed by atoms with Gasteiger partial charge in [0.2, 0.25) is 0 Å². The Balaban J connectivity index is 2.63. The van der Waals surface area contributed by atoms with Gasteiger partial charge in [0.05, 0.1) is 0 Å². The van der Waals surface area contributed by atoms with Gasteiger partial charge in [0.25, 0.3) is 0 Å². The molecule has 0 N–H and O–H groups in total. The van der Waals surface area contributed by atoms with Crippen LogP contribution < -0.4 is 0 Å². The van der Waals surface area contributed by atoms with Crippen molar-refractivity contribution in [3.63, 3.8) is 0 Å². The maximum absolute atomic E-state index is 4.27. The zero-order chi connectivity index (χ0) is 6.69. The number of aliphatic imine (C=N–C) groups is 1. The number of rotatable bonds is 1. The molecule has 1 rings (SSSR count). The van der Waals surface area contributed by atoms with Gasteiger partial charge in [0, 0.05) is 11.9 Å². The first-order valence-corrected chi connectivity index (χ1v) is 3.56. The third-order valence-corrected chi connectivity index (χ3v) is 1.77. The van der Waals surface area contributed by atoms with Crippen LogP contribution in [-0.2, 0) is 0 Å². The lowest BCUT2D eigenvalue weighted by molar-refractivity contribution is 0.759. The van der Waals surface area contributed by atoms with Crippen LogP contribution in [0.2, 0.25) is 0 Å². The first-order valence-electron chi connectivity index (χ1n) is 3.56. The summed E-state index contributed by atoms with van der Waals surface area (Å²) in [5.74, 6) is 0.681. The molecule has 0 radical (unpaired) electrons. The van der Waals surface area contributed by atoms with Gasteiger partial charge < -0.3 is 0 Å². The molecule has 1 atom stereocenters. The van der Waals surface area contributed by atoms with Crippen LogP contribution >= 0.6 is 0 Å². The fourth-order valence-electron chi connectivity index (χ4n) is 1.12. The molecule has 0 aromatic rings. The van der Waals surface area contributed by atoms with Crippen LogP contribution in [0.5, 0.6) is 0 Å². The molecule has 0 aliphatic carbocycles. The van der Waals surface area contributed by atoms with E-state index in [2.05, 4.69) is 24.9 Å². The molecular formula is C8H13N. The van der Waals surface area contributed by atoms with E-state index in [9.17, 15) is 0 Å². The lowest BCUT2D eigenvalue weighted by Gasteiger charge is -2.12. The fraction of sp³-hybridized carbons (Fsp3) is 0.625. The van der Waals surface area contributed by atoms with Crippen molar-refractivity contribution in [3.05, 3.63) is 12.3 Å². The molecule has 9 heavy (non-hydrogen) atoms. The van der Waals surface area contributed by atoms with Crippen molar-refractivity contribution in [3.8, 4) is 0 Å². The Hall–Kier alpha value is -0.590. The zero-order valence-corrected chi connectivity index (χ0v) is 6.09. The summed E-state index contributed by atoms with van der Waals surface area (Å²) in [4.78, 5) is 4.27. The molecule has 1 nitrogen and oxygen atoms in total. The summed E-state index contributed by atoms with van der Waals surface area (Å²) < 4.78 is 0. The molecule has 0 saturated carbocycles. The van der Waals surface area contributed by atoms with Crippen molar-refractivity contribution in [2.24, 2.45) is 10.9 Å². The summed E-state index contributed by atoms with van der Waals surface area (Å²) in [7, 11) is 0. The summed E-state index contributed by atoms with van der Waals surface area (Å²) >= 11 is 0. The van der Waals surface area contributed by atoms with Gasteiger partial charge in [-0.15, -0.1) is 0 Å². The fourth-order valence-corrected chi connectivity index (χ4v) is 1.12. The highest BCUT2D eigenvalue weighted by atomic mass is 14.7. The summed E-state index contributed by atoms with van der Waals surface area (Å²) in [5, 5.41) is 0. The average Bonchev–Trinajstić information content (AvgIpc) is 1.89. The second-order valence-electron chi connectivity index (χ2n) is 2.50. The first kappa shape index (κ1) is 6.53. The van der Waals surface area contributed by atoms with E-state index in [1.54, 1.807) is 0 Å². The van der Waals surface area contributed by atoms with Crippen molar-refractivity contribution in [2.45, 2.75) is 26.7 Å². The molecule has 1 aliphatic heterocycles. The Bertz CT molecular complexity index is 145. The number of hydrogen-bond acceptors (Lipinski definition) is 1. The second kappa shape index (κ2) is 2.81. The Morgan fingerprint density at radius 3 is 3.00 bits per heavy atom. The molecule has 50 valence electrons. The van der Waals surface area contributed by atoms with Crippen LogP contribution in [0, 0.1) is 5.92 Å². The lowest BCUT2D eigenvalue weighted by atomic mass is 9.98. The van der Waals surface area contributed by atoms with E-state index >= 15 is 0 Å². The Morgan fingerprint density at radius 2 is 2.56 bits per heavy atom. The topological polar surface area (TPSA) is 12.4 Å². The highest BCUT2D eigenvalue weighted by molar-refractivity contribution is 5.87. The molecule has 0 amide bonds. The second-order valence-corrected chi connectivity index (χ2v) is 2.50. The highest BCUT2D eigenvalue weighted by Crippen LogP contribution is 2.12. The maximum Gasteiger partial charge on any atom is 0.0227 e. The third-order valence-electron chi connectivity index (χ3n) is 1.77. The molecule has 0 aromatic heterocycles. The smallest absolute Gasteiger partial charge is 0.0227 e.